The summed E-state index contributed by atoms with van der Waals surface area (Å²) in [6.07, 6.45) is 4.71. The van der Waals surface area contributed by atoms with Gasteiger partial charge in [-0.15, -0.1) is 0 Å². The summed E-state index contributed by atoms with van der Waals surface area (Å²) in [6, 6.07) is 9.97. The number of rotatable bonds is 7. The van der Waals surface area contributed by atoms with E-state index in [-0.39, 0.29) is 16.1 Å². The number of benzene rings is 2. The van der Waals surface area contributed by atoms with Crippen LogP contribution in [-0.4, -0.2) is 57.1 Å². The van der Waals surface area contributed by atoms with E-state index < -0.39 is 16.0 Å². The lowest BCUT2D eigenvalue weighted by Crippen LogP contribution is -2.41. The van der Waals surface area contributed by atoms with Gasteiger partial charge in [-0.2, -0.15) is 0 Å². The Morgan fingerprint density at radius 3 is 2.52 bits per heavy atom. The fourth-order valence-electron chi connectivity index (χ4n) is 5.12. The van der Waals surface area contributed by atoms with Crippen molar-refractivity contribution >= 4 is 27.4 Å². The van der Waals surface area contributed by atoms with Crippen molar-refractivity contribution in [2.24, 2.45) is 5.92 Å². The smallest absolute Gasteiger partial charge is 0.337 e. The van der Waals surface area contributed by atoms with Crippen LogP contribution in [0.5, 0.6) is 0 Å². The maximum Gasteiger partial charge on any atom is 0.337 e. The van der Waals surface area contributed by atoms with Gasteiger partial charge in [0.05, 0.1) is 16.1 Å². The maximum absolute atomic E-state index is 12.9. The summed E-state index contributed by atoms with van der Waals surface area (Å²) in [5.74, 6) is -0.541. The Labute approximate surface area is 196 Å². The number of nitrogens with one attached hydrogen (secondary N) is 1. The Morgan fingerprint density at radius 2 is 1.82 bits per heavy atom. The molecule has 4 rings (SSSR count). The highest BCUT2D eigenvalue weighted by molar-refractivity contribution is 7.92. The monoisotopic (exact) mass is 471 g/mol. The molecule has 0 spiro atoms. The lowest BCUT2D eigenvalue weighted by molar-refractivity contribution is 0.0697. The lowest BCUT2D eigenvalue weighted by atomic mass is 9.96. The molecule has 2 saturated heterocycles. The van der Waals surface area contributed by atoms with E-state index in [1.54, 1.807) is 31.2 Å². The van der Waals surface area contributed by atoms with Crippen LogP contribution in [0.2, 0.25) is 0 Å². The largest absolute Gasteiger partial charge is 0.478 e. The van der Waals surface area contributed by atoms with Crippen molar-refractivity contribution < 1.29 is 18.3 Å². The van der Waals surface area contributed by atoms with Crippen molar-refractivity contribution in [2.75, 3.05) is 42.3 Å². The number of carboxylic acids is 1. The van der Waals surface area contributed by atoms with E-state index in [9.17, 15) is 18.3 Å². The summed E-state index contributed by atoms with van der Waals surface area (Å²) in [5.41, 5.74) is 2.66. The highest BCUT2D eigenvalue weighted by atomic mass is 32.2. The van der Waals surface area contributed by atoms with Crippen LogP contribution in [-0.2, 0) is 10.0 Å². The van der Waals surface area contributed by atoms with E-state index in [1.165, 1.54) is 18.9 Å². The average Bonchev–Trinajstić information content (AvgIpc) is 3.26. The number of nitrogens with zero attached hydrogens (tertiary/aromatic N) is 2. The van der Waals surface area contributed by atoms with Gasteiger partial charge in [0.15, 0.2) is 0 Å². The number of hydrogen-bond acceptors (Lipinski definition) is 5. The first-order valence-electron chi connectivity index (χ1n) is 11.7. The van der Waals surface area contributed by atoms with Gasteiger partial charge in [0.2, 0.25) is 0 Å². The van der Waals surface area contributed by atoms with Crippen LogP contribution in [0.4, 0.5) is 11.4 Å². The van der Waals surface area contributed by atoms with Gasteiger partial charge in [0.25, 0.3) is 10.0 Å². The molecule has 0 saturated carbocycles. The van der Waals surface area contributed by atoms with Crippen LogP contribution in [0.1, 0.15) is 47.2 Å². The molecular weight excluding hydrogens is 438 g/mol. The molecule has 2 heterocycles. The summed E-state index contributed by atoms with van der Waals surface area (Å²) >= 11 is 0. The van der Waals surface area contributed by atoms with Crippen LogP contribution in [0.15, 0.2) is 41.3 Å². The Kier molecular flexibility index (Phi) is 6.95. The number of aryl methyl sites for hydroxylation is 2. The molecule has 0 aliphatic carbocycles. The molecular formula is C25H33N3O4S. The van der Waals surface area contributed by atoms with Crippen molar-refractivity contribution in [1.29, 1.82) is 0 Å². The van der Waals surface area contributed by atoms with Gasteiger partial charge in [0.1, 0.15) is 0 Å². The second-order valence-electron chi connectivity index (χ2n) is 9.37. The van der Waals surface area contributed by atoms with Crippen LogP contribution >= 0.6 is 0 Å². The SMILES string of the molecule is Cc1ccc(S(=O)(=O)Nc2ccc(N3CCCC(CN4CCCC4)C3)c(C(=O)O)c2)c(C)c1. The number of likely N-dealkylation sites (tertiary alicyclic amines) is 1. The molecule has 2 aliphatic heterocycles. The van der Waals surface area contributed by atoms with E-state index in [0.29, 0.717) is 17.2 Å². The van der Waals surface area contributed by atoms with Gasteiger partial charge < -0.3 is 14.9 Å². The minimum absolute atomic E-state index is 0.123. The molecule has 8 heteroatoms. The normalized spacial score (nSPS) is 19.6. The standard InChI is InChI=1S/C25H33N3O4S/c1-18-7-10-24(19(2)14-18)33(31,32)26-21-8-9-23(22(15-21)25(29)30)28-13-5-6-20(17-28)16-27-11-3-4-12-27/h7-10,14-15,20,26H,3-6,11-13,16-17H2,1-2H3,(H,29,30). The van der Waals surface area contributed by atoms with Crippen LogP contribution < -0.4 is 9.62 Å². The van der Waals surface area contributed by atoms with E-state index in [1.807, 2.05) is 13.0 Å². The van der Waals surface area contributed by atoms with Gasteiger partial charge in [-0.1, -0.05) is 17.7 Å². The third kappa shape index (κ3) is 5.50. The summed E-state index contributed by atoms with van der Waals surface area (Å²) < 4.78 is 28.4. The fraction of sp³-hybridized carbons (Fsp3) is 0.480. The fourth-order valence-corrected chi connectivity index (χ4v) is 6.40. The van der Waals surface area contributed by atoms with Gasteiger partial charge >= 0.3 is 5.97 Å². The van der Waals surface area contributed by atoms with E-state index in [4.69, 9.17) is 0 Å². The Hall–Kier alpha value is -2.58. The predicted molar refractivity (Wildman–Crippen MR) is 131 cm³/mol. The zero-order chi connectivity index (χ0) is 23.6. The molecule has 0 bridgehead atoms. The highest BCUT2D eigenvalue weighted by Crippen LogP contribution is 2.31. The minimum Gasteiger partial charge on any atom is -0.478 e. The molecule has 2 aliphatic rings. The van der Waals surface area contributed by atoms with Gasteiger partial charge in [-0.3, -0.25) is 4.72 Å². The third-order valence-electron chi connectivity index (χ3n) is 6.67. The first-order valence-corrected chi connectivity index (χ1v) is 13.2. The molecule has 2 fully saturated rings. The predicted octanol–water partition coefficient (Wildman–Crippen LogP) is 4.11. The Bertz CT molecular complexity index is 1130. The topological polar surface area (TPSA) is 90.0 Å². The molecule has 1 unspecified atom stereocenters. The molecule has 0 aromatic heterocycles. The average molecular weight is 472 g/mol. The molecule has 2 N–H and O–H groups in total. The minimum atomic E-state index is -3.83. The molecule has 33 heavy (non-hydrogen) atoms. The summed E-state index contributed by atoms with van der Waals surface area (Å²) in [7, 11) is -3.83. The molecule has 178 valence electrons. The number of anilines is 2. The van der Waals surface area contributed by atoms with Crippen LogP contribution in [0, 0.1) is 19.8 Å². The number of piperidine rings is 1. The summed E-state index contributed by atoms with van der Waals surface area (Å²) in [5, 5.41) is 9.89. The molecule has 2 aromatic carbocycles. The number of sulfonamides is 1. The van der Waals surface area contributed by atoms with Crippen molar-refractivity contribution in [3.05, 3.63) is 53.1 Å². The number of aromatic carboxylic acids is 1. The van der Waals surface area contributed by atoms with Crippen molar-refractivity contribution in [1.82, 2.24) is 4.90 Å². The molecule has 0 amide bonds. The zero-order valence-electron chi connectivity index (χ0n) is 19.4. The van der Waals surface area contributed by atoms with E-state index >= 15 is 0 Å². The second kappa shape index (κ2) is 9.73. The van der Waals surface area contributed by atoms with Gasteiger partial charge in [-0.25, -0.2) is 13.2 Å². The quantitative estimate of drug-likeness (QED) is 0.632. The molecule has 1 atom stereocenters. The number of hydrogen-bond donors (Lipinski definition) is 2. The first-order chi connectivity index (χ1) is 15.7. The van der Waals surface area contributed by atoms with Gasteiger partial charge in [0, 0.05) is 25.3 Å². The molecule has 0 radical (unpaired) electrons. The van der Waals surface area contributed by atoms with Crippen molar-refractivity contribution in [2.45, 2.75) is 44.4 Å². The van der Waals surface area contributed by atoms with Crippen LogP contribution in [0.3, 0.4) is 0 Å². The first kappa shape index (κ1) is 23.6. The van der Waals surface area contributed by atoms with E-state index in [0.717, 1.165) is 51.1 Å². The third-order valence-corrected chi connectivity index (χ3v) is 8.22. The maximum atomic E-state index is 12.9. The number of carbonyl (C=O) groups is 1. The Balaban J connectivity index is 1.54. The van der Waals surface area contributed by atoms with Crippen LogP contribution in [0.25, 0.3) is 0 Å². The Morgan fingerprint density at radius 1 is 1.06 bits per heavy atom. The van der Waals surface area contributed by atoms with Crippen molar-refractivity contribution in [3.63, 3.8) is 0 Å². The zero-order valence-corrected chi connectivity index (χ0v) is 20.2. The summed E-state index contributed by atoms with van der Waals surface area (Å²) in [6.45, 7) is 8.67. The highest BCUT2D eigenvalue weighted by Gasteiger charge is 2.27. The number of carboxylic acid groups (broad SMARTS) is 1. The lowest BCUT2D eigenvalue weighted by Gasteiger charge is -2.36. The summed E-state index contributed by atoms with van der Waals surface area (Å²) in [4.78, 5) is 16.9. The van der Waals surface area contributed by atoms with E-state index in [2.05, 4.69) is 14.5 Å². The van der Waals surface area contributed by atoms with Gasteiger partial charge in [-0.05, 0) is 88.4 Å². The second-order valence-corrected chi connectivity index (χ2v) is 11.0. The molecule has 2 aromatic rings. The van der Waals surface area contributed by atoms with Crippen molar-refractivity contribution in [3.8, 4) is 0 Å². The molecule has 7 nitrogen and oxygen atoms in total.